The zero-order valence-corrected chi connectivity index (χ0v) is 12.6. The third-order valence-corrected chi connectivity index (χ3v) is 3.41. The van der Waals surface area contributed by atoms with E-state index in [1.165, 1.54) is 56.4 Å². The second-order valence-corrected chi connectivity index (χ2v) is 4.68. The molecule has 0 saturated carbocycles. The normalized spacial score (nSPS) is 14.6. The van der Waals surface area contributed by atoms with Gasteiger partial charge in [-0.1, -0.05) is 39.0 Å². The van der Waals surface area contributed by atoms with E-state index in [1.54, 1.807) is 5.57 Å². The van der Waals surface area contributed by atoms with Crippen LogP contribution in [0.25, 0.3) is 0 Å². The minimum absolute atomic E-state index is 0. The first-order valence-corrected chi connectivity index (χ1v) is 6.47. The van der Waals surface area contributed by atoms with Gasteiger partial charge >= 0.3 is 0 Å². The number of allylic oxidation sites excluding steroid dienone is 4. The molecule has 92 valence electrons. The second-order valence-electron chi connectivity index (χ2n) is 4.68. The second kappa shape index (κ2) is 8.92. The highest BCUT2D eigenvalue weighted by Crippen LogP contribution is 2.29. The Kier molecular flexibility index (Phi) is 8.83. The van der Waals surface area contributed by atoms with Crippen LogP contribution in [-0.4, -0.2) is 0 Å². The minimum atomic E-state index is 0. The van der Waals surface area contributed by atoms with Crippen LogP contribution in [0.15, 0.2) is 23.3 Å². The van der Waals surface area contributed by atoms with Gasteiger partial charge in [0.1, 0.15) is 0 Å². The van der Waals surface area contributed by atoms with Crippen LogP contribution in [0.5, 0.6) is 0 Å². The third kappa shape index (κ3) is 5.25. The Hall–Kier alpha value is -0.170. The summed E-state index contributed by atoms with van der Waals surface area (Å²) in [6, 6.07) is 0. The molecule has 0 aromatic heterocycles. The lowest BCUT2D eigenvalue weighted by atomic mass is 10.0. The fourth-order valence-corrected chi connectivity index (χ4v) is 2.10. The SMILES string of the molecule is CCCCCCCCC1=C(C)[C+](C)C=C1.[Br-]. The number of halogens is 1. The van der Waals surface area contributed by atoms with E-state index in [1.807, 2.05) is 0 Å². The molecule has 0 spiro atoms. The monoisotopic (exact) mass is 284 g/mol. The first kappa shape index (κ1) is 15.8. The maximum Gasteiger partial charge on any atom is 0.0963 e. The Labute approximate surface area is 112 Å². The molecule has 0 nitrogen and oxygen atoms in total. The summed E-state index contributed by atoms with van der Waals surface area (Å²) in [5.41, 5.74) is 3.09. The molecule has 1 aliphatic rings. The lowest BCUT2D eigenvalue weighted by molar-refractivity contribution is -0.00000335. The Bertz CT molecular complexity index is 238. The van der Waals surface area contributed by atoms with Gasteiger partial charge < -0.3 is 17.0 Å². The van der Waals surface area contributed by atoms with Gasteiger partial charge in [0.2, 0.25) is 0 Å². The van der Waals surface area contributed by atoms with Crippen molar-refractivity contribution in [2.75, 3.05) is 0 Å². The summed E-state index contributed by atoms with van der Waals surface area (Å²) < 4.78 is 0. The van der Waals surface area contributed by atoms with Crippen LogP contribution in [-0.2, 0) is 0 Å². The van der Waals surface area contributed by atoms with E-state index in [2.05, 4.69) is 32.9 Å². The molecule has 0 atom stereocenters. The average Bonchev–Trinajstić information content (AvgIpc) is 2.54. The molecule has 0 amide bonds. The predicted octanol–water partition coefficient (Wildman–Crippen LogP) is 2.22. The molecule has 0 aromatic carbocycles. The van der Waals surface area contributed by atoms with Crippen LogP contribution < -0.4 is 17.0 Å². The topological polar surface area (TPSA) is 0 Å². The molecule has 0 fully saturated rings. The first-order chi connectivity index (χ1) is 7.25. The van der Waals surface area contributed by atoms with Crippen molar-refractivity contribution in [2.24, 2.45) is 0 Å². The summed E-state index contributed by atoms with van der Waals surface area (Å²) in [7, 11) is 0. The molecule has 0 aromatic rings. The van der Waals surface area contributed by atoms with Crippen LogP contribution in [0.3, 0.4) is 0 Å². The molecule has 0 saturated heterocycles. The number of rotatable bonds is 7. The van der Waals surface area contributed by atoms with Crippen molar-refractivity contribution in [1.82, 2.24) is 0 Å². The van der Waals surface area contributed by atoms with E-state index < -0.39 is 0 Å². The average molecular weight is 285 g/mol. The third-order valence-electron chi connectivity index (χ3n) is 3.41. The van der Waals surface area contributed by atoms with Gasteiger partial charge in [0, 0.05) is 13.3 Å². The van der Waals surface area contributed by atoms with Gasteiger partial charge in [0.05, 0.1) is 29.2 Å². The highest BCUT2D eigenvalue weighted by Gasteiger charge is 2.21. The molecule has 0 heterocycles. The molecule has 0 bridgehead atoms. The van der Waals surface area contributed by atoms with Crippen LogP contribution in [0.4, 0.5) is 0 Å². The summed E-state index contributed by atoms with van der Waals surface area (Å²) in [6.45, 7) is 6.73. The zero-order chi connectivity index (χ0) is 11.1. The Balaban J connectivity index is 0.00000225. The molecule has 0 aliphatic heterocycles. The van der Waals surface area contributed by atoms with E-state index in [4.69, 9.17) is 0 Å². The smallest absolute Gasteiger partial charge is 0.0963 e. The molecular weight excluding hydrogens is 260 g/mol. The maximum absolute atomic E-state index is 2.30. The highest BCUT2D eigenvalue weighted by molar-refractivity contribution is 5.46. The molecule has 0 N–H and O–H groups in total. The fraction of sp³-hybridized carbons (Fsp3) is 0.667. The number of unbranched alkanes of at least 4 members (excludes halogenated alkanes) is 5. The molecular formula is C15H25Br. The standard InChI is InChI=1S/C15H25.BrH/c1-4-5-6-7-8-9-10-15-12-11-13(2)14(15)3;/h11-12H,4-10H2,1-3H3;1H/q+1;/p-1. The van der Waals surface area contributed by atoms with Crippen molar-refractivity contribution in [3.63, 3.8) is 0 Å². The van der Waals surface area contributed by atoms with Crippen molar-refractivity contribution in [2.45, 2.75) is 65.7 Å². The van der Waals surface area contributed by atoms with Gasteiger partial charge in [-0.2, -0.15) is 0 Å². The Morgan fingerprint density at radius 3 is 2.25 bits per heavy atom. The molecule has 1 aliphatic carbocycles. The van der Waals surface area contributed by atoms with Crippen molar-refractivity contribution < 1.29 is 17.0 Å². The van der Waals surface area contributed by atoms with E-state index in [0.717, 1.165) is 0 Å². The van der Waals surface area contributed by atoms with Gasteiger partial charge in [0.25, 0.3) is 0 Å². The van der Waals surface area contributed by atoms with Crippen molar-refractivity contribution in [1.29, 1.82) is 0 Å². The lowest BCUT2D eigenvalue weighted by Crippen LogP contribution is -3.00. The molecule has 16 heavy (non-hydrogen) atoms. The largest absolute Gasteiger partial charge is 1.00 e. The summed E-state index contributed by atoms with van der Waals surface area (Å²) in [5, 5.41) is 0. The molecule has 1 rings (SSSR count). The van der Waals surface area contributed by atoms with Gasteiger partial charge in [0.15, 0.2) is 0 Å². The van der Waals surface area contributed by atoms with Crippen LogP contribution in [0.2, 0.25) is 0 Å². The van der Waals surface area contributed by atoms with Crippen LogP contribution in [0, 0.1) is 5.92 Å². The molecule has 0 radical (unpaired) electrons. The predicted molar refractivity (Wildman–Crippen MR) is 68.8 cm³/mol. The highest BCUT2D eigenvalue weighted by atomic mass is 79.9. The summed E-state index contributed by atoms with van der Waals surface area (Å²) in [6.07, 6.45) is 14.2. The van der Waals surface area contributed by atoms with Gasteiger partial charge in [-0.25, -0.2) is 0 Å². The van der Waals surface area contributed by atoms with Gasteiger partial charge in [-0.05, 0) is 13.3 Å². The quantitative estimate of drug-likeness (QED) is 0.497. The Morgan fingerprint density at radius 2 is 1.69 bits per heavy atom. The van der Waals surface area contributed by atoms with E-state index in [-0.39, 0.29) is 17.0 Å². The lowest BCUT2D eigenvalue weighted by Gasteiger charge is -1.99. The molecule has 1 heteroatoms. The van der Waals surface area contributed by atoms with Gasteiger partial charge in [-0.15, -0.1) is 0 Å². The van der Waals surface area contributed by atoms with Crippen molar-refractivity contribution in [3.8, 4) is 0 Å². The van der Waals surface area contributed by atoms with Crippen LogP contribution >= 0.6 is 0 Å². The summed E-state index contributed by atoms with van der Waals surface area (Å²) in [5.74, 6) is 1.45. The van der Waals surface area contributed by atoms with E-state index in [9.17, 15) is 0 Å². The maximum atomic E-state index is 2.30. The van der Waals surface area contributed by atoms with Crippen LogP contribution in [0.1, 0.15) is 65.7 Å². The summed E-state index contributed by atoms with van der Waals surface area (Å²) in [4.78, 5) is 0. The van der Waals surface area contributed by atoms with Crippen molar-refractivity contribution in [3.05, 3.63) is 29.2 Å². The molecule has 0 unspecified atom stereocenters. The van der Waals surface area contributed by atoms with E-state index >= 15 is 0 Å². The fourth-order valence-electron chi connectivity index (χ4n) is 2.10. The zero-order valence-electron chi connectivity index (χ0n) is 11.0. The number of hydrogen-bond acceptors (Lipinski definition) is 0. The first-order valence-electron chi connectivity index (χ1n) is 6.47. The van der Waals surface area contributed by atoms with Gasteiger partial charge in [-0.3, -0.25) is 0 Å². The number of hydrogen-bond donors (Lipinski definition) is 0. The van der Waals surface area contributed by atoms with Crippen molar-refractivity contribution >= 4 is 0 Å². The summed E-state index contributed by atoms with van der Waals surface area (Å²) >= 11 is 0. The van der Waals surface area contributed by atoms with E-state index in [0.29, 0.717) is 0 Å². The minimum Gasteiger partial charge on any atom is -1.00 e. The Morgan fingerprint density at radius 1 is 1.06 bits per heavy atom.